The molecular formula is C16H22N4O3S. The molecule has 0 N–H and O–H groups in total. The molecule has 1 saturated heterocycles. The Morgan fingerprint density at radius 2 is 1.88 bits per heavy atom. The first-order chi connectivity index (χ1) is 11.6. The van der Waals surface area contributed by atoms with E-state index in [0.29, 0.717) is 23.7 Å². The van der Waals surface area contributed by atoms with Gasteiger partial charge >= 0.3 is 0 Å². The third-order valence-electron chi connectivity index (χ3n) is 4.48. The second kappa shape index (κ2) is 6.90. The first-order valence-electron chi connectivity index (χ1n) is 8.09. The molecule has 0 bridgehead atoms. The summed E-state index contributed by atoms with van der Waals surface area (Å²) in [5, 5.41) is 8.08. The number of hydrogen-bond acceptors (Lipinski definition) is 5. The Kier molecular flexibility index (Phi) is 4.86. The molecule has 0 aliphatic carbocycles. The van der Waals surface area contributed by atoms with E-state index in [9.17, 15) is 8.42 Å². The molecule has 1 aromatic carbocycles. The van der Waals surface area contributed by atoms with Crippen molar-refractivity contribution in [3.8, 4) is 5.75 Å². The number of sulfonamides is 1. The third kappa shape index (κ3) is 3.16. The number of benzene rings is 1. The quantitative estimate of drug-likeness (QED) is 0.823. The highest BCUT2D eigenvalue weighted by molar-refractivity contribution is 7.89. The molecule has 7 nitrogen and oxygen atoms in total. The lowest BCUT2D eigenvalue weighted by molar-refractivity contribution is 0.270. The van der Waals surface area contributed by atoms with Crippen LogP contribution in [0.3, 0.4) is 0 Å². The summed E-state index contributed by atoms with van der Waals surface area (Å²) in [7, 11) is -1.90. The zero-order valence-electron chi connectivity index (χ0n) is 13.9. The van der Waals surface area contributed by atoms with E-state index >= 15 is 0 Å². The molecule has 3 rings (SSSR count). The van der Waals surface area contributed by atoms with E-state index in [1.54, 1.807) is 42.0 Å². The van der Waals surface area contributed by atoms with Crippen LogP contribution in [0.25, 0.3) is 0 Å². The molecule has 0 saturated carbocycles. The second-order valence-corrected chi connectivity index (χ2v) is 7.76. The van der Waals surface area contributed by atoms with Crippen molar-refractivity contribution in [2.75, 3.05) is 20.2 Å². The number of nitrogens with zero attached hydrogens (tertiary/aromatic N) is 4. The summed E-state index contributed by atoms with van der Waals surface area (Å²) >= 11 is 0. The summed E-state index contributed by atoms with van der Waals surface area (Å²) in [6, 6.07) is 6.79. The smallest absolute Gasteiger partial charge is 0.243 e. The monoisotopic (exact) mass is 350 g/mol. The SMILES string of the molecule is CCc1nncn1C1CCN(S(=O)(=O)c2ccc(OC)cc2)CC1. The first-order valence-corrected chi connectivity index (χ1v) is 9.53. The predicted molar refractivity (Wildman–Crippen MR) is 89.4 cm³/mol. The topological polar surface area (TPSA) is 77.3 Å². The molecule has 1 fully saturated rings. The summed E-state index contributed by atoms with van der Waals surface area (Å²) in [5.74, 6) is 1.60. The molecule has 0 spiro atoms. The van der Waals surface area contributed by atoms with Gasteiger partial charge in [-0.2, -0.15) is 4.31 Å². The number of rotatable bonds is 5. The standard InChI is InChI=1S/C16H22N4O3S/c1-3-16-18-17-12-20(16)13-8-10-19(11-9-13)24(21,22)15-6-4-14(23-2)5-7-15/h4-7,12-13H,3,8-11H2,1-2H3. The van der Waals surface area contributed by atoms with E-state index in [1.807, 2.05) is 6.92 Å². The fourth-order valence-corrected chi connectivity index (χ4v) is 4.55. The Labute approximate surface area is 142 Å². The predicted octanol–water partition coefficient (Wildman–Crippen LogP) is 1.87. The van der Waals surface area contributed by atoms with Crippen molar-refractivity contribution in [3.05, 3.63) is 36.4 Å². The summed E-state index contributed by atoms with van der Waals surface area (Å²) in [4.78, 5) is 0.306. The zero-order chi connectivity index (χ0) is 17.2. The van der Waals surface area contributed by atoms with Crippen LogP contribution in [0.15, 0.2) is 35.5 Å². The van der Waals surface area contributed by atoms with E-state index < -0.39 is 10.0 Å². The van der Waals surface area contributed by atoms with Crippen LogP contribution in [0.1, 0.15) is 31.6 Å². The highest BCUT2D eigenvalue weighted by Crippen LogP contribution is 2.28. The number of hydrogen-bond donors (Lipinski definition) is 0. The van der Waals surface area contributed by atoms with Crippen molar-refractivity contribution in [3.63, 3.8) is 0 Å². The lowest BCUT2D eigenvalue weighted by atomic mass is 10.1. The van der Waals surface area contributed by atoms with Gasteiger partial charge in [-0.3, -0.25) is 0 Å². The van der Waals surface area contributed by atoms with Crippen molar-refractivity contribution < 1.29 is 13.2 Å². The summed E-state index contributed by atoms with van der Waals surface area (Å²) < 4.78 is 34.2. The molecule has 8 heteroatoms. The lowest BCUT2D eigenvalue weighted by Gasteiger charge is -2.32. The van der Waals surface area contributed by atoms with Crippen molar-refractivity contribution in [1.29, 1.82) is 0 Å². The zero-order valence-corrected chi connectivity index (χ0v) is 14.7. The van der Waals surface area contributed by atoms with Crippen molar-refractivity contribution in [1.82, 2.24) is 19.1 Å². The average molecular weight is 350 g/mol. The van der Waals surface area contributed by atoms with Crippen molar-refractivity contribution >= 4 is 10.0 Å². The van der Waals surface area contributed by atoms with E-state index in [-0.39, 0.29) is 6.04 Å². The van der Waals surface area contributed by atoms with Gasteiger partial charge in [-0.05, 0) is 37.1 Å². The molecule has 0 atom stereocenters. The van der Waals surface area contributed by atoms with Gasteiger partial charge < -0.3 is 9.30 Å². The molecule has 0 radical (unpaired) electrons. The molecule has 0 unspecified atom stereocenters. The van der Waals surface area contributed by atoms with Crippen molar-refractivity contribution in [2.24, 2.45) is 0 Å². The molecule has 2 heterocycles. The van der Waals surface area contributed by atoms with Gasteiger partial charge in [0.1, 0.15) is 17.9 Å². The molecule has 24 heavy (non-hydrogen) atoms. The van der Waals surface area contributed by atoms with Crippen LogP contribution in [-0.2, 0) is 16.4 Å². The number of methoxy groups -OCH3 is 1. The van der Waals surface area contributed by atoms with Gasteiger partial charge in [0.05, 0.1) is 12.0 Å². The number of ether oxygens (including phenoxy) is 1. The maximum Gasteiger partial charge on any atom is 0.243 e. The number of piperidine rings is 1. The summed E-state index contributed by atoms with van der Waals surface area (Å²) in [6.07, 6.45) is 4.10. The van der Waals surface area contributed by atoms with E-state index in [0.717, 1.165) is 25.1 Å². The Morgan fingerprint density at radius 1 is 1.21 bits per heavy atom. The lowest BCUT2D eigenvalue weighted by Crippen LogP contribution is -2.39. The van der Waals surface area contributed by atoms with Gasteiger partial charge in [-0.15, -0.1) is 10.2 Å². The molecule has 1 aliphatic rings. The molecule has 2 aromatic rings. The second-order valence-electron chi connectivity index (χ2n) is 5.82. The van der Waals surface area contributed by atoms with Gasteiger partial charge in [0, 0.05) is 25.6 Å². The Balaban J connectivity index is 1.71. The molecule has 1 aliphatic heterocycles. The van der Waals surface area contributed by atoms with Crippen LogP contribution < -0.4 is 4.74 Å². The minimum atomic E-state index is -3.46. The van der Waals surface area contributed by atoms with Crippen LogP contribution in [0, 0.1) is 0 Å². The number of aromatic nitrogens is 3. The van der Waals surface area contributed by atoms with Crippen LogP contribution in [0.4, 0.5) is 0 Å². The highest BCUT2D eigenvalue weighted by Gasteiger charge is 2.30. The average Bonchev–Trinajstić information content (AvgIpc) is 3.10. The van der Waals surface area contributed by atoms with Gasteiger partial charge in [-0.25, -0.2) is 8.42 Å². The Bertz CT molecular complexity index is 778. The maximum atomic E-state index is 12.8. The fourth-order valence-electron chi connectivity index (χ4n) is 3.08. The summed E-state index contributed by atoms with van der Waals surface area (Å²) in [5.41, 5.74) is 0. The maximum absolute atomic E-state index is 12.8. The molecule has 130 valence electrons. The third-order valence-corrected chi connectivity index (χ3v) is 6.39. The van der Waals surface area contributed by atoms with Crippen molar-refractivity contribution in [2.45, 2.75) is 37.1 Å². The Morgan fingerprint density at radius 3 is 2.46 bits per heavy atom. The first kappa shape index (κ1) is 16.9. The number of aryl methyl sites for hydroxylation is 1. The van der Waals surface area contributed by atoms with E-state index in [2.05, 4.69) is 14.8 Å². The molecular weight excluding hydrogens is 328 g/mol. The highest BCUT2D eigenvalue weighted by atomic mass is 32.2. The van der Waals surface area contributed by atoms with Crippen LogP contribution in [0.5, 0.6) is 5.75 Å². The molecule has 1 aromatic heterocycles. The van der Waals surface area contributed by atoms with Gasteiger partial charge in [-0.1, -0.05) is 6.92 Å². The minimum absolute atomic E-state index is 0.261. The van der Waals surface area contributed by atoms with E-state index in [1.165, 1.54) is 0 Å². The minimum Gasteiger partial charge on any atom is -0.497 e. The fraction of sp³-hybridized carbons (Fsp3) is 0.500. The summed E-state index contributed by atoms with van der Waals surface area (Å²) in [6.45, 7) is 3.05. The van der Waals surface area contributed by atoms with Gasteiger partial charge in [0.25, 0.3) is 0 Å². The largest absolute Gasteiger partial charge is 0.497 e. The van der Waals surface area contributed by atoms with Crippen LogP contribution in [-0.4, -0.2) is 47.7 Å². The normalized spacial score (nSPS) is 17.1. The van der Waals surface area contributed by atoms with Crippen LogP contribution in [0.2, 0.25) is 0 Å². The van der Waals surface area contributed by atoms with E-state index in [4.69, 9.17) is 4.74 Å². The molecule has 0 amide bonds. The van der Waals surface area contributed by atoms with Gasteiger partial charge in [0.15, 0.2) is 0 Å². The van der Waals surface area contributed by atoms with Gasteiger partial charge in [0.2, 0.25) is 10.0 Å². The Hall–Kier alpha value is -1.93. The van der Waals surface area contributed by atoms with Crippen LogP contribution >= 0.6 is 0 Å².